The van der Waals surface area contributed by atoms with Gasteiger partial charge in [-0.25, -0.2) is 9.78 Å². The molecule has 0 unspecified atom stereocenters. The molecular formula is C20H21ClN8O3. The van der Waals surface area contributed by atoms with Gasteiger partial charge >= 0.3 is 17.8 Å². The van der Waals surface area contributed by atoms with Crippen molar-refractivity contribution < 1.29 is 14.0 Å². The number of primary amides is 1. The largest absolute Gasteiger partial charge is 0.414 e. The predicted octanol–water partition coefficient (Wildman–Crippen LogP) is 2.55. The summed E-state index contributed by atoms with van der Waals surface area (Å²) in [5, 5.41) is 15.5. The van der Waals surface area contributed by atoms with Crippen LogP contribution in [0.15, 0.2) is 28.9 Å². The van der Waals surface area contributed by atoms with Crippen LogP contribution in [-0.4, -0.2) is 47.8 Å². The zero-order chi connectivity index (χ0) is 22.6. The number of carbonyl (C=O) groups is 2. The Kier molecular flexibility index (Phi) is 4.66. The highest BCUT2D eigenvalue weighted by atomic mass is 35.5. The Bertz CT molecular complexity index is 1220. The molecule has 0 radical (unpaired) electrons. The summed E-state index contributed by atoms with van der Waals surface area (Å²) in [4.78, 5) is 30.7. The first kappa shape index (κ1) is 20.4. The van der Waals surface area contributed by atoms with Crippen molar-refractivity contribution in [1.29, 1.82) is 0 Å². The Morgan fingerprint density at radius 1 is 1.31 bits per heavy atom. The third kappa shape index (κ3) is 3.20. The van der Waals surface area contributed by atoms with Crippen molar-refractivity contribution in [3.8, 4) is 11.4 Å². The Hall–Kier alpha value is -3.47. The molecule has 1 saturated carbocycles. The minimum atomic E-state index is -0.798. The summed E-state index contributed by atoms with van der Waals surface area (Å²) in [6, 6.07) is 4.88. The van der Waals surface area contributed by atoms with Crippen LogP contribution in [0.5, 0.6) is 0 Å². The number of piperidine rings is 1. The Morgan fingerprint density at radius 2 is 2.12 bits per heavy atom. The van der Waals surface area contributed by atoms with E-state index in [-0.39, 0.29) is 23.9 Å². The van der Waals surface area contributed by atoms with E-state index in [0.717, 1.165) is 6.42 Å². The molecule has 2 aliphatic heterocycles. The van der Waals surface area contributed by atoms with E-state index >= 15 is 0 Å². The average molecular weight is 457 g/mol. The van der Waals surface area contributed by atoms with Crippen molar-refractivity contribution in [2.75, 3.05) is 5.32 Å². The number of hydrogen-bond donors (Lipinski definition) is 2. The smallest absolute Gasteiger partial charge is 0.323 e. The maximum Gasteiger partial charge on any atom is 0.323 e. The van der Waals surface area contributed by atoms with E-state index in [2.05, 4.69) is 32.5 Å². The number of nitrogens with two attached hydrogens (primary N) is 1. The van der Waals surface area contributed by atoms with Crippen LogP contribution < -0.4 is 11.1 Å². The highest BCUT2D eigenvalue weighted by molar-refractivity contribution is 6.33. The second-order valence-electron chi connectivity index (χ2n) is 8.45. The van der Waals surface area contributed by atoms with Gasteiger partial charge in [-0.3, -0.25) is 9.48 Å². The number of anilines is 1. The van der Waals surface area contributed by atoms with Gasteiger partial charge in [0.25, 0.3) is 0 Å². The minimum Gasteiger partial charge on any atom is -0.414 e. The molecule has 3 amide bonds. The van der Waals surface area contributed by atoms with E-state index in [4.69, 9.17) is 21.8 Å². The molecule has 3 aliphatic rings. The lowest BCUT2D eigenvalue weighted by molar-refractivity contribution is -0.110. The van der Waals surface area contributed by atoms with Gasteiger partial charge in [0.15, 0.2) is 5.82 Å². The maximum atomic E-state index is 13.3. The van der Waals surface area contributed by atoms with Gasteiger partial charge < -0.3 is 20.4 Å². The summed E-state index contributed by atoms with van der Waals surface area (Å²) >= 11 is 6.32. The number of amides is 3. The second kappa shape index (κ2) is 7.30. The van der Waals surface area contributed by atoms with Crippen molar-refractivity contribution in [2.45, 2.75) is 37.8 Å². The van der Waals surface area contributed by atoms with E-state index in [9.17, 15) is 9.59 Å². The van der Waals surface area contributed by atoms with E-state index in [1.165, 1.54) is 0 Å². The molecule has 3 N–H and O–H groups in total. The molecule has 4 heterocycles. The molecule has 2 bridgehead atoms. The summed E-state index contributed by atoms with van der Waals surface area (Å²) in [6.07, 6.45) is 3.79. The molecule has 2 aromatic heterocycles. The van der Waals surface area contributed by atoms with Crippen LogP contribution in [0.4, 0.5) is 10.5 Å². The van der Waals surface area contributed by atoms with Crippen LogP contribution >= 0.6 is 11.6 Å². The third-order valence-electron chi connectivity index (χ3n) is 6.07. The molecule has 166 valence electrons. The Balaban J connectivity index is 1.43. The van der Waals surface area contributed by atoms with Crippen LogP contribution in [0, 0.1) is 5.92 Å². The Morgan fingerprint density at radius 3 is 2.81 bits per heavy atom. The predicted molar refractivity (Wildman–Crippen MR) is 114 cm³/mol. The van der Waals surface area contributed by atoms with Crippen LogP contribution in [0.2, 0.25) is 5.02 Å². The van der Waals surface area contributed by atoms with Gasteiger partial charge in [-0.2, -0.15) is 5.10 Å². The van der Waals surface area contributed by atoms with Gasteiger partial charge in [-0.1, -0.05) is 18.5 Å². The zero-order valence-corrected chi connectivity index (χ0v) is 18.2. The van der Waals surface area contributed by atoms with Gasteiger partial charge in [-0.15, -0.1) is 10.2 Å². The zero-order valence-electron chi connectivity index (χ0n) is 17.4. The number of nitrogens with one attached hydrogen (secondary N) is 1. The van der Waals surface area contributed by atoms with Crippen LogP contribution in [0.3, 0.4) is 0 Å². The number of carbonyl (C=O) groups excluding carboxylic acids is 2. The van der Waals surface area contributed by atoms with Crippen LogP contribution in [0.25, 0.3) is 11.4 Å². The number of benzene rings is 1. The first-order valence-electron chi connectivity index (χ1n) is 10.2. The first-order chi connectivity index (χ1) is 15.3. The maximum absolute atomic E-state index is 13.3. The van der Waals surface area contributed by atoms with Gasteiger partial charge in [0.05, 0.1) is 5.02 Å². The molecule has 1 aromatic carbocycles. The second-order valence-corrected chi connectivity index (χ2v) is 8.85. The lowest BCUT2D eigenvalue weighted by Crippen LogP contribution is -2.70. The number of halogens is 1. The molecule has 1 aliphatic carbocycles. The van der Waals surface area contributed by atoms with Gasteiger partial charge in [0.1, 0.15) is 11.9 Å². The highest BCUT2D eigenvalue weighted by Crippen LogP contribution is 2.55. The Labute approximate surface area is 187 Å². The van der Waals surface area contributed by atoms with Crippen molar-refractivity contribution in [2.24, 2.45) is 18.7 Å². The van der Waals surface area contributed by atoms with Gasteiger partial charge in [-0.05, 0) is 37.0 Å². The van der Waals surface area contributed by atoms with E-state index in [1.54, 1.807) is 41.2 Å². The number of hydrogen-bond acceptors (Lipinski definition) is 7. The number of urea groups is 1. The number of aryl methyl sites for hydroxylation is 1. The number of rotatable bonds is 4. The van der Waals surface area contributed by atoms with Gasteiger partial charge in [0, 0.05) is 30.8 Å². The summed E-state index contributed by atoms with van der Waals surface area (Å²) in [5.41, 5.74) is 5.67. The molecule has 12 heteroatoms. The normalized spacial score (nSPS) is 24.2. The van der Waals surface area contributed by atoms with Crippen molar-refractivity contribution in [3.05, 3.63) is 41.3 Å². The standard InChI is InChI=1S/C20H21ClN8O3/c1-10-5-12-8-20(7-10,18-26-25-17(32-18)15(22)30)29(12)19(31)24-11-3-4-14(21)13(6-11)16-23-9-28(2)27-16/h3-4,6,9-10,12H,5,7-8H2,1-2H3,(H2,22,30)(H,24,31)/t10-,12-,20+/m0/s1. The lowest BCUT2D eigenvalue weighted by atomic mass is 9.64. The van der Waals surface area contributed by atoms with Crippen LogP contribution in [-0.2, 0) is 12.6 Å². The topological polar surface area (TPSA) is 145 Å². The number of nitrogens with zero attached hydrogens (tertiary/aromatic N) is 6. The van der Waals surface area contributed by atoms with Crippen molar-refractivity contribution >= 4 is 29.2 Å². The average Bonchev–Trinajstić information content (AvgIpc) is 3.38. The summed E-state index contributed by atoms with van der Waals surface area (Å²) < 4.78 is 7.12. The minimum absolute atomic E-state index is 0.0342. The molecule has 3 atom stereocenters. The molecule has 11 nitrogen and oxygen atoms in total. The lowest BCUT2D eigenvalue weighted by Gasteiger charge is -2.61. The summed E-state index contributed by atoms with van der Waals surface area (Å²) in [5.74, 6) is -0.00306. The number of fused-ring (bicyclic) bond motifs is 2. The highest BCUT2D eigenvalue weighted by Gasteiger charge is 2.62. The molecule has 32 heavy (non-hydrogen) atoms. The fourth-order valence-electron chi connectivity index (χ4n) is 4.88. The quantitative estimate of drug-likeness (QED) is 0.613. The van der Waals surface area contributed by atoms with Gasteiger partial charge in [0.2, 0.25) is 5.89 Å². The van der Waals surface area contributed by atoms with Crippen molar-refractivity contribution in [3.63, 3.8) is 0 Å². The fourth-order valence-corrected chi connectivity index (χ4v) is 5.08. The fraction of sp³-hybridized carbons (Fsp3) is 0.400. The van der Waals surface area contributed by atoms with Crippen molar-refractivity contribution in [1.82, 2.24) is 29.9 Å². The summed E-state index contributed by atoms with van der Waals surface area (Å²) in [6.45, 7) is 2.12. The molecule has 3 aromatic rings. The number of aromatic nitrogens is 5. The molecule has 2 saturated heterocycles. The first-order valence-corrected chi connectivity index (χ1v) is 10.5. The van der Waals surface area contributed by atoms with E-state index in [0.29, 0.717) is 40.9 Å². The third-order valence-corrected chi connectivity index (χ3v) is 6.40. The molecule has 0 spiro atoms. The molecular weight excluding hydrogens is 436 g/mol. The molecule has 3 fully saturated rings. The SMILES string of the molecule is C[C@H]1C[C@H]2C[C@@](c3nnc(C(N)=O)o3)(C1)N2C(=O)Nc1ccc(Cl)c(-c2ncn(C)n2)c1. The molecule has 6 rings (SSSR count). The summed E-state index contributed by atoms with van der Waals surface area (Å²) in [7, 11) is 1.76. The van der Waals surface area contributed by atoms with Crippen LogP contribution in [0.1, 0.15) is 42.8 Å². The van der Waals surface area contributed by atoms with E-state index in [1.807, 2.05) is 0 Å². The van der Waals surface area contributed by atoms with E-state index < -0.39 is 11.4 Å². The monoisotopic (exact) mass is 456 g/mol.